The lowest BCUT2D eigenvalue weighted by Gasteiger charge is -2.22. The van der Waals surface area contributed by atoms with E-state index in [0.29, 0.717) is 11.5 Å². The molecule has 96 valence electrons. The molecule has 0 saturated heterocycles. The van der Waals surface area contributed by atoms with E-state index >= 15 is 0 Å². The molecule has 2 aromatic rings. The van der Waals surface area contributed by atoms with Gasteiger partial charge in [-0.05, 0) is 17.5 Å². The number of nitrogens with one attached hydrogen (secondary N) is 1. The summed E-state index contributed by atoms with van der Waals surface area (Å²) in [5, 5.41) is 1.15. The molecular formula is C14H15N5. The first-order chi connectivity index (χ1) is 9.16. The number of aromatic amines is 1. The van der Waals surface area contributed by atoms with Crippen molar-refractivity contribution >= 4 is 22.4 Å². The summed E-state index contributed by atoms with van der Waals surface area (Å²) in [7, 11) is 1.90. The summed E-state index contributed by atoms with van der Waals surface area (Å²) >= 11 is 0. The van der Waals surface area contributed by atoms with Crippen molar-refractivity contribution in [1.29, 1.82) is 0 Å². The third kappa shape index (κ3) is 1.85. The molecule has 1 aliphatic rings. The van der Waals surface area contributed by atoms with Crippen molar-refractivity contribution in [3.8, 4) is 0 Å². The zero-order chi connectivity index (χ0) is 13.4. The number of hydrogen-bond acceptors (Lipinski definition) is 4. The average Bonchev–Trinajstić information content (AvgIpc) is 2.85. The van der Waals surface area contributed by atoms with Gasteiger partial charge in [-0.2, -0.15) is 0 Å². The molecule has 0 fully saturated rings. The third-order valence-corrected chi connectivity index (χ3v) is 3.22. The highest BCUT2D eigenvalue weighted by Crippen LogP contribution is 2.22. The molecule has 5 N–H and O–H groups in total. The first-order valence-electron chi connectivity index (χ1n) is 5.97. The van der Waals surface area contributed by atoms with Gasteiger partial charge in [-0.25, -0.2) is 4.99 Å². The van der Waals surface area contributed by atoms with E-state index in [-0.39, 0.29) is 0 Å². The number of likely N-dealkylation sites (N-methyl/N-ethyl adjacent to an activating group) is 1. The normalized spacial score (nSPS) is 17.7. The lowest BCUT2D eigenvalue weighted by molar-refractivity contribution is 0.591. The zero-order valence-corrected chi connectivity index (χ0v) is 10.6. The molecule has 5 heteroatoms. The Morgan fingerprint density at radius 1 is 1.32 bits per heavy atom. The van der Waals surface area contributed by atoms with E-state index in [1.165, 1.54) is 0 Å². The second kappa shape index (κ2) is 4.20. The highest BCUT2D eigenvalue weighted by Gasteiger charge is 2.16. The highest BCUT2D eigenvalue weighted by atomic mass is 15.2. The number of benzene rings is 1. The van der Waals surface area contributed by atoms with Gasteiger partial charge in [0.15, 0.2) is 0 Å². The van der Waals surface area contributed by atoms with Crippen molar-refractivity contribution in [3.05, 3.63) is 54.1 Å². The smallest absolute Gasteiger partial charge is 0.149 e. The number of rotatable bonds is 1. The van der Waals surface area contributed by atoms with Gasteiger partial charge >= 0.3 is 0 Å². The average molecular weight is 253 g/mol. The summed E-state index contributed by atoms with van der Waals surface area (Å²) in [6.45, 7) is 0. The maximum Gasteiger partial charge on any atom is 0.149 e. The van der Waals surface area contributed by atoms with E-state index in [0.717, 1.165) is 22.2 Å². The van der Waals surface area contributed by atoms with Gasteiger partial charge in [-0.15, -0.1) is 0 Å². The lowest BCUT2D eigenvalue weighted by Crippen LogP contribution is -2.30. The molecule has 0 atom stereocenters. The Kier molecular flexibility index (Phi) is 2.52. The van der Waals surface area contributed by atoms with Crippen LogP contribution in [0.2, 0.25) is 0 Å². The van der Waals surface area contributed by atoms with Crippen LogP contribution in [0.15, 0.2) is 53.6 Å². The van der Waals surface area contributed by atoms with Crippen LogP contribution in [0.4, 0.5) is 0 Å². The Bertz CT molecular complexity index is 720. The number of fused-ring (bicyclic) bond motifs is 1. The molecule has 0 unspecified atom stereocenters. The SMILES string of the molecule is CN1C=CN=C(N)/C1=C(/N)c1ccc2cc[nH]c2c1. The summed E-state index contributed by atoms with van der Waals surface area (Å²) in [5.74, 6) is 0.425. The zero-order valence-electron chi connectivity index (χ0n) is 10.6. The number of aromatic nitrogens is 1. The van der Waals surface area contributed by atoms with Gasteiger partial charge in [0.05, 0.1) is 5.70 Å². The van der Waals surface area contributed by atoms with Gasteiger partial charge in [0, 0.05) is 36.7 Å². The Hall–Kier alpha value is -2.69. The first kappa shape index (κ1) is 11.4. The van der Waals surface area contributed by atoms with Crippen LogP contribution in [0.25, 0.3) is 16.6 Å². The van der Waals surface area contributed by atoms with Crippen LogP contribution >= 0.6 is 0 Å². The fourth-order valence-electron chi connectivity index (χ4n) is 2.21. The van der Waals surface area contributed by atoms with Crippen LogP contribution < -0.4 is 11.5 Å². The summed E-state index contributed by atoms with van der Waals surface area (Å²) in [5.41, 5.74) is 15.5. The molecule has 0 amide bonds. The Morgan fingerprint density at radius 3 is 2.95 bits per heavy atom. The molecule has 19 heavy (non-hydrogen) atoms. The molecule has 1 aliphatic heterocycles. The van der Waals surface area contributed by atoms with Crippen molar-refractivity contribution in [2.24, 2.45) is 16.5 Å². The van der Waals surface area contributed by atoms with E-state index in [1.807, 2.05) is 48.6 Å². The van der Waals surface area contributed by atoms with E-state index in [4.69, 9.17) is 11.5 Å². The van der Waals surface area contributed by atoms with Gasteiger partial charge in [0.25, 0.3) is 0 Å². The van der Waals surface area contributed by atoms with Gasteiger partial charge in [-0.3, -0.25) is 0 Å². The van der Waals surface area contributed by atoms with Crippen molar-refractivity contribution < 1.29 is 0 Å². The van der Waals surface area contributed by atoms with Gasteiger partial charge in [-0.1, -0.05) is 12.1 Å². The lowest BCUT2D eigenvalue weighted by atomic mass is 10.1. The van der Waals surface area contributed by atoms with Crippen LogP contribution in [-0.2, 0) is 0 Å². The van der Waals surface area contributed by atoms with Crippen LogP contribution in [-0.4, -0.2) is 22.8 Å². The number of amidine groups is 1. The summed E-state index contributed by atoms with van der Waals surface area (Å²) < 4.78 is 0. The molecule has 0 radical (unpaired) electrons. The van der Waals surface area contributed by atoms with E-state index in [1.54, 1.807) is 6.20 Å². The largest absolute Gasteiger partial charge is 0.396 e. The van der Waals surface area contributed by atoms with Gasteiger partial charge in [0.1, 0.15) is 11.5 Å². The molecule has 3 rings (SSSR count). The second-order valence-electron chi connectivity index (χ2n) is 4.47. The molecule has 1 aromatic heterocycles. The minimum absolute atomic E-state index is 0.425. The minimum Gasteiger partial charge on any atom is -0.396 e. The second-order valence-corrected chi connectivity index (χ2v) is 4.47. The standard InChI is InChI=1S/C14H15N5/c1-19-7-6-18-14(16)13(19)12(15)10-3-2-9-4-5-17-11(9)8-10/h2-8,17H,15H2,1H3,(H2,16,18)/b13-12-. The number of nitrogens with two attached hydrogens (primary N) is 2. The van der Waals surface area contributed by atoms with Gasteiger partial charge < -0.3 is 21.4 Å². The maximum atomic E-state index is 6.24. The topological polar surface area (TPSA) is 83.4 Å². The first-order valence-corrected chi connectivity index (χ1v) is 5.97. The molecule has 0 saturated carbocycles. The third-order valence-electron chi connectivity index (χ3n) is 3.22. The molecular weight excluding hydrogens is 238 g/mol. The summed E-state index contributed by atoms with van der Waals surface area (Å²) in [6, 6.07) is 8.05. The predicted octanol–water partition coefficient (Wildman–Crippen LogP) is 1.57. The van der Waals surface area contributed by atoms with Crippen LogP contribution in [0, 0.1) is 0 Å². The number of nitrogens with zero attached hydrogens (tertiary/aromatic N) is 2. The van der Waals surface area contributed by atoms with Crippen molar-refractivity contribution in [1.82, 2.24) is 9.88 Å². The van der Waals surface area contributed by atoms with Crippen molar-refractivity contribution in [2.45, 2.75) is 0 Å². The Labute approximate surface area is 110 Å². The van der Waals surface area contributed by atoms with E-state index < -0.39 is 0 Å². The fourth-order valence-corrected chi connectivity index (χ4v) is 2.21. The molecule has 0 bridgehead atoms. The number of hydrogen-bond donors (Lipinski definition) is 3. The van der Waals surface area contributed by atoms with E-state index in [9.17, 15) is 0 Å². The molecule has 5 nitrogen and oxygen atoms in total. The van der Waals surface area contributed by atoms with Crippen LogP contribution in [0.5, 0.6) is 0 Å². The highest BCUT2D eigenvalue weighted by molar-refractivity contribution is 6.04. The Morgan fingerprint density at radius 2 is 2.16 bits per heavy atom. The monoisotopic (exact) mass is 253 g/mol. The maximum absolute atomic E-state index is 6.24. The number of aliphatic imine (C=N–C) groups is 1. The van der Waals surface area contributed by atoms with Crippen molar-refractivity contribution in [3.63, 3.8) is 0 Å². The predicted molar refractivity (Wildman–Crippen MR) is 77.9 cm³/mol. The fraction of sp³-hybridized carbons (Fsp3) is 0.0714. The molecule has 0 spiro atoms. The van der Waals surface area contributed by atoms with Crippen LogP contribution in [0.3, 0.4) is 0 Å². The summed E-state index contributed by atoms with van der Waals surface area (Å²) in [6.07, 6.45) is 5.38. The molecule has 1 aromatic carbocycles. The quantitative estimate of drug-likeness (QED) is 0.721. The molecule has 2 heterocycles. The van der Waals surface area contributed by atoms with Crippen molar-refractivity contribution in [2.75, 3.05) is 7.05 Å². The van der Waals surface area contributed by atoms with Crippen LogP contribution in [0.1, 0.15) is 5.56 Å². The van der Waals surface area contributed by atoms with Gasteiger partial charge in [0.2, 0.25) is 0 Å². The summed E-state index contributed by atoms with van der Waals surface area (Å²) in [4.78, 5) is 9.13. The number of H-pyrrole nitrogens is 1. The molecule has 0 aliphatic carbocycles. The minimum atomic E-state index is 0.425. The Balaban J connectivity index is 2.14. The van der Waals surface area contributed by atoms with E-state index in [2.05, 4.69) is 9.98 Å².